The van der Waals surface area contributed by atoms with Crippen LogP contribution in [0.25, 0.3) is 0 Å². The van der Waals surface area contributed by atoms with Crippen LogP contribution in [0.15, 0.2) is 78.9 Å². The number of nitrogens with one attached hydrogen (secondary N) is 2. The van der Waals surface area contributed by atoms with Crippen molar-refractivity contribution < 1.29 is 14.3 Å². The molecule has 2 N–H and O–H groups in total. The van der Waals surface area contributed by atoms with E-state index in [-0.39, 0.29) is 12.5 Å². The van der Waals surface area contributed by atoms with E-state index in [9.17, 15) is 4.79 Å². The lowest BCUT2D eigenvalue weighted by Crippen LogP contribution is -2.21. The Morgan fingerprint density at radius 2 is 1.64 bits per heavy atom. The zero-order valence-corrected chi connectivity index (χ0v) is 15.9. The van der Waals surface area contributed by atoms with Gasteiger partial charge in [-0.05, 0) is 42.0 Å². The molecule has 0 aliphatic rings. The SMILES string of the molecule is COc1ccc(NC(=O)CNc2cccc(OCCc3ccccc3)c2)cc1. The van der Waals surface area contributed by atoms with Crippen LogP contribution in [0.4, 0.5) is 11.4 Å². The van der Waals surface area contributed by atoms with Gasteiger partial charge in [0.05, 0.1) is 20.3 Å². The Morgan fingerprint density at radius 1 is 0.857 bits per heavy atom. The molecule has 0 unspecified atom stereocenters. The van der Waals surface area contributed by atoms with E-state index in [4.69, 9.17) is 9.47 Å². The molecule has 0 heterocycles. The quantitative estimate of drug-likeness (QED) is 0.582. The van der Waals surface area contributed by atoms with E-state index in [1.54, 1.807) is 31.4 Å². The Labute approximate surface area is 165 Å². The summed E-state index contributed by atoms with van der Waals surface area (Å²) in [7, 11) is 1.61. The normalized spacial score (nSPS) is 10.2. The molecule has 5 nitrogen and oxygen atoms in total. The zero-order valence-electron chi connectivity index (χ0n) is 15.9. The van der Waals surface area contributed by atoms with Crippen LogP contribution in [-0.4, -0.2) is 26.2 Å². The molecular formula is C23H24N2O3. The first-order valence-corrected chi connectivity index (χ1v) is 9.17. The summed E-state index contributed by atoms with van der Waals surface area (Å²) in [5.74, 6) is 1.40. The number of hydrogen-bond acceptors (Lipinski definition) is 4. The third-order valence-corrected chi connectivity index (χ3v) is 4.16. The number of benzene rings is 3. The first-order valence-electron chi connectivity index (χ1n) is 9.17. The molecule has 3 aromatic carbocycles. The number of carbonyl (C=O) groups is 1. The highest BCUT2D eigenvalue weighted by atomic mass is 16.5. The maximum Gasteiger partial charge on any atom is 0.243 e. The third kappa shape index (κ3) is 6.06. The smallest absolute Gasteiger partial charge is 0.243 e. The van der Waals surface area contributed by atoms with Gasteiger partial charge in [-0.1, -0.05) is 36.4 Å². The van der Waals surface area contributed by atoms with Gasteiger partial charge in [-0.15, -0.1) is 0 Å². The predicted octanol–water partition coefficient (Wildman–Crippen LogP) is 4.37. The van der Waals surface area contributed by atoms with E-state index >= 15 is 0 Å². The van der Waals surface area contributed by atoms with Gasteiger partial charge < -0.3 is 20.1 Å². The Hall–Kier alpha value is -3.47. The summed E-state index contributed by atoms with van der Waals surface area (Å²) in [5.41, 5.74) is 2.81. The maximum absolute atomic E-state index is 12.1. The predicted molar refractivity (Wildman–Crippen MR) is 112 cm³/mol. The molecule has 5 heteroatoms. The van der Waals surface area contributed by atoms with Gasteiger partial charge in [0, 0.05) is 23.9 Å². The second-order valence-electron chi connectivity index (χ2n) is 6.24. The summed E-state index contributed by atoms with van der Waals surface area (Å²) < 4.78 is 10.9. The van der Waals surface area contributed by atoms with Crippen LogP contribution in [0, 0.1) is 0 Å². The minimum Gasteiger partial charge on any atom is -0.497 e. The number of hydrogen-bond donors (Lipinski definition) is 2. The number of anilines is 2. The fourth-order valence-corrected chi connectivity index (χ4v) is 2.69. The van der Waals surface area contributed by atoms with E-state index in [2.05, 4.69) is 22.8 Å². The van der Waals surface area contributed by atoms with E-state index in [1.165, 1.54) is 5.56 Å². The average Bonchev–Trinajstić information content (AvgIpc) is 2.74. The van der Waals surface area contributed by atoms with Crippen LogP contribution in [0.1, 0.15) is 5.56 Å². The highest BCUT2D eigenvalue weighted by molar-refractivity contribution is 5.93. The number of methoxy groups -OCH3 is 1. The van der Waals surface area contributed by atoms with Crippen molar-refractivity contribution in [2.24, 2.45) is 0 Å². The Morgan fingerprint density at radius 3 is 2.39 bits per heavy atom. The average molecular weight is 376 g/mol. The lowest BCUT2D eigenvalue weighted by Gasteiger charge is -2.11. The third-order valence-electron chi connectivity index (χ3n) is 4.16. The van der Waals surface area contributed by atoms with Crippen molar-refractivity contribution in [3.05, 3.63) is 84.4 Å². The molecule has 0 fully saturated rings. The Balaban J connectivity index is 1.45. The number of ether oxygens (including phenoxy) is 2. The number of amides is 1. The maximum atomic E-state index is 12.1. The highest BCUT2D eigenvalue weighted by Crippen LogP contribution is 2.18. The van der Waals surface area contributed by atoms with Crippen molar-refractivity contribution in [2.75, 3.05) is 30.9 Å². The van der Waals surface area contributed by atoms with E-state index in [0.717, 1.165) is 29.3 Å². The minimum absolute atomic E-state index is 0.124. The van der Waals surface area contributed by atoms with Crippen LogP contribution >= 0.6 is 0 Å². The van der Waals surface area contributed by atoms with E-state index in [0.29, 0.717) is 6.61 Å². The zero-order chi connectivity index (χ0) is 19.6. The molecule has 0 atom stereocenters. The summed E-state index contributed by atoms with van der Waals surface area (Å²) in [5, 5.41) is 5.96. The molecule has 0 aliphatic heterocycles. The number of carbonyl (C=O) groups excluding carboxylic acids is 1. The summed E-state index contributed by atoms with van der Waals surface area (Å²) in [4.78, 5) is 12.1. The van der Waals surface area contributed by atoms with Gasteiger partial charge in [0.15, 0.2) is 0 Å². The first kappa shape index (κ1) is 19.3. The van der Waals surface area contributed by atoms with Crippen molar-refractivity contribution in [2.45, 2.75) is 6.42 Å². The Bertz CT molecular complexity index is 880. The summed E-state index contributed by atoms with van der Waals surface area (Å²) >= 11 is 0. The minimum atomic E-state index is -0.124. The highest BCUT2D eigenvalue weighted by Gasteiger charge is 2.04. The van der Waals surface area contributed by atoms with Crippen LogP contribution in [-0.2, 0) is 11.2 Å². The van der Waals surface area contributed by atoms with Crippen LogP contribution in [0.5, 0.6) is 11.5 Å². The largest absolute Gasteiger partial charge is 0.497 e. The molecule has 3 aromatic rings. The molecule has 0 aromatic heterocycles. The topological polar surface area (TPSA) is 59.6 Å². The van der Waals surface area contributed by atoms with Gasteiger partial charge in [-0.25, -0.2) is 0 Å². The van der Waals surface area contributed by atoms with E-state index < -0.39 is 0 Å². The van der Waals surface area contributed by atoms with Crippen LogP contribution < -0.4 is 20.1 Å². The Kier molecular flexibility index (Phi) is 6.90. The van der Waals surface area contributed by atoms with Gasteiger partial charge in [0.25, 0.3) is 0 Å². The molecule has 0 bridgehead atoms. The first-order chi connectivity index (χ1) is 13.7. The summed E-state index contributed by atoms with van der Waals surface area (Å²) in [6.07, 6.45) is 0.850. The molecule has 1 amide bonds. The van der Waals surface area contributed by atoms with Crippen molar-refractivity contribution >= 4 is 17.3 Å². The van der Waals surface area contributed by atoms with Gasteiger partial charge >= 0.3 is 0 Å². The van der Waals surface area contributed by atoms with Crippen molar-refractivity contribution in [1.29, 1.82) is 0 Å². The van der Waals surface area contributed by atoms with Crippen molar-refractivity contribution in [3.8, 4) is 11.5 Å². The van der Waals surface area contributed by atoms with Crippen LogP contribution in [0.2, 0.25) is 0 Å². The van der Waals surface area contributed by atoms with Crippen molar-refractivity contribution in [1.82, 2.24) is 0 Å². The summed E-state index contributed by atoms with van der Waals surface area (Å²) in [6, 6.07) is 25.1. The van der Waals surface area contributed by atoms with Gasteiger partial charge in [-0.2, -0.15) is 0 Å². The lowest BCUT2D eigenvalue weighted by molar-refractivity contribution is -0.114. The fraction of sp³-hybridized carbons (Fsp3) is 0.174. The molecule has 3 rings (SSSR count). The molecule has 0 saturated carbocycles. The molecule has 0 saturated heterocycles. The molecule has 0 radical (unpaired) electrons. The molecule has 0 spiro atoms. The standard InChI is InChI=1S/C23H24N2O3/c1-27-21-12-10-19(11-13-21)25-23(26)17-24-20-8-5-9-22(16-20)28-15-14-18-6-3-2-4-7-18/h2-13,16,24H,14-15,17H2,1H3,(H,25,26). The molecule has 0 aliphatic carbocycles. The second kappa shape index (κ2) is 10.0. The lowest BCUT2D eigenvalue weighted by atomic mass is 10.2. The van der Waals surface area contributed by atoms with Gasteiger partial charge in [0.2, 0.25) is 5.91 Å². The van der Waals surface area contributed by atoms with Gasteiger partial charge in [-0.3, -0.25) is 4.79 Å². The van der Waals surface area contributed by atoms with E-state index in [1.807, 2.05) is 42.5 Å². The van der Waals surface area contributed by atoms with Gasteiger partial charge in [0.1, 0.15) is 11.5 Å². The monoisotopic (exact) mass is 376 g/mol. The van der Waals surface area contributed by atoms with Crippen LogP contribution in [0.3, 0.4) is 0 Å². The van der Waals surface area contributed by atoms with Crippen molar-refractivity contribution in [3.63, 3.8) is 0 Å². The fourth-order valence-electron chi connectivity index (χ4n) is 2.69. The second-order valence-corrected chi connectivity index (χ2v) is 6.24. The number of rotatable bonds is 9. The molecule has 28 heavy (non-hydrogen) atoms. The molecule has 144 valence electrons. The molecular weight excluding hydrogens is 352 g/mol. The summed E-state index contributed by atoms with van der Waals surface area (Å²) in [6.45, 7) is 0.769.